The number of hydrogen-bond acceptors (Lipinski definition) is 2. The third-order valence-electron chi connectivity index (χ3n) is 3.64. The molecule has 1 fully saturated rings. The van der Waals surface area contributed by atoms with E-state index in [4.69, 9.17) is 0 Å². The van der Waals surface area contributed by atoms with E-state index in [-0.39, 0.29) is 23.3 Å². The van der Waals surface area contributed by atoms with Crippen molar-refractivity contribution in [3.63, 3.8) is 0 Å². The predicted octanol–water partition coefficient (Wildman–Crippen LogP) is 1.25. The molecule has 0 unspecified atom stereocenters. The second kappa shape index (κ2) is 5.69. The lowest BCUT2D eigenvalue weighted by Crippen LogP contribution is -2.43. The largest absolute Gasteiger partial charge is 0.354 e. The standard InChI is InChI=1S/C15H23N3O2/c1-15(2,3)18-11-12(10-13(18)19)14(20)16-6-9-17-7-4-5-8-17/h4-5,7-8,12H,6,9-11H2,1-3H3,(H,16,20)/t12-/m0/s1. The van der Waals surface area contributed by atoms with Crippen LogP contribution in [0.3, 0.4) is 0 Å². The molecule has 20 heavy (non-hydrogen) atoms. The molecule has 5 nitrogen and oxygen atoms in total. The number of carbonyl (C=O) groups is 2. The van der Waals surface area contributed by atoms with Crippen molar-refractivity contribution in [3.8, 4) is 0 Å². The Balaban J connectivity index is 1.80. The van der Waals surface area contributed by atoms with Gasteiger partial charge in [0.2, 0.25) is 11.8 Å². The molecule has 1 saturated heterocycles. The first-order valence-electron chi connectivity index (χ1n) is 7.07. The molecule has 0 saturated carbocycles. The van der Waals surface area contributed by atoms with Crippen LogP contribution < -0.4 is 5.32 Å². The van der Waals surface area contributed by atoms with E-state index >= 15 is 0 Å². The van der Waals surface area contributed by atoms with Gasteiger partial charge in [-0.3, -0.25) is 9.59 Å². The Morgan fingerprint density at radius 1 is 1.35 bits per heavy atom. The molecule has 0 bridgehead atoms. The minimum atomic E-state index is -0.216. The van der Waals surface area contributed by atoms with Gasteiger partial charge < -0.3 is 14.8 Å². The number of nitrogens with zero attached hydrogens (tertiary/aromatic N) is 2. The number of rotatable bonds is 4. The quantitative estimate of drug-likeness (QED) is 0.900. The molecular weight excluding hydrogens is 254 g/mol. The Morgan fingerprint density at radius 3 is 2.55 bits per heavy atom. The average molecular weight is 277 g/mol. The van der Waals surface area contributed by atoms with Crippen LogP contribution in [0.1, 0.15) is 27.2 Å². The second-order valence-corrected chi connectivity index (χ2v) is 6.29. The van der Waals surface area contributed by atoms with Gasteiger partial charge in [0.05, 0.1) is 5.92 Å². The second-order valence-electron chi connectivity index (χ2n) is 6.29. The third kappa shape index (κ3) is 3.40. The minimum Gasteiger partial charge on any atom is -0.354 e. The molecule has 1 atom stereocenters. The molecule has 1 aromatic heterocycles. The summed E-state index contributed by atoms with van der Waals surface area (Å²) in [6.07, 6.45) is 4.26. The summed E-state index contributed by atoms with van der Waals surface area (Å²) < 4.78 is 2.02. The average Bonchev–Trinajstić information content (AvgIpc) is 2.97. The van der Waals surface area contributed by atoms with E-state index in [1.165, 1.54) is 0 Å². The monoisotopic (exact) mass is 277 g/mol. The van der Waals surface area contributed by atoms with Gasteiger partial charge in [0, 0.05) is 44.0 Å². The topological polar surface area (TPSA) is 54.3 Å². The van der Waals surface area contributed by atoms with Gasteiger partial charge in [-0.15, -0.1) is 0 Å². The van der Waals surface area contributed by atoms with Crippen molar-refractivity contribution < 1.29 is 9.59 Å². The molecule has 2 heterocycles. The van der Waals surface area contributed by atoms with Crippen molar-refractivity contribution in [2.75, 3.05) is 13.1 Å². The van der Waals surface area contributed by atoms with Gasteiger partial charge in [-0.2, -0.15) is 0 Å². The summed E-state index contributed by atoms with van der Waals surface area (Å²) in [5, 5.41) is 2.92. The fourth-order valence-electron chi connectivity index (χ4n) is 2.50. The molecule has 1 aliphatic heterocycles. The van der Waals surface area contributed by atoms with E-state index in [1.807, 2.05) is 49.9 Å². The lowest BCUT2D eigenvalue weighted by atomic mass is 10.1. The highest BCUT2D eigenvalue weighted by Gasteiger charge is 2.39. The molecule has 2 amide bonds. The molecule has 0 aromatic carbocycles. The first kappa shape index (κ1) is 14.6. The van der Waals surface area contributed by atoms with E-state index in [1.54, 1.807) is 4.90 Å². The Kier molecular flexibility index (Phi) is 4.16. The predicted molar refractivity (Wildman–Crippen MR) is 77.0 cm³/mol. The molecule has 1 aliphatic rings. The smallest absolute Gasteiger partial charge is 0.225 e. The molecular formula is C15H23N3O2. The van der Waals surface area contributed by atoms with Crippen molar-refractivity contribution in [1.82, 2.24) is 14.8 Å². The lowest BCUT2D eigenvalue weighted by molar-refractivity contribution is -0.132. The zero-order chi connectivity index (χ0) is 14.8. The molecule has 1 aromatic rings. The van der Waals surface area contributed by atoms with Crippen LogP contribution in [0.25, 0.3) is 0 Å². The summed E-state index contributed by atoms with van der Waals surface area (Å²) >= 11 is 0. The highest BCUT2D eigenvalue weighted by Crippen LogP contribution is 2.25. The van der Waals surface area contributed by atoms with E-state index in [9.17, 15) is 9.59 Å². The summed E-state index contributed by atoms with van der Waals surface area (Å²) in [4.78, 5) is 25.8. The summed E-state index contributed by atoms with van der Waals surface area (Å²) in [5.74, 6) is -0.160. The Bertz CT molecular complexity index is 474. The van der Waals surface area contributed by atoms with Crippen molar-refractivity contribution in [1.29, 1.82) is 0 Å². The number of nitrogens with one attached hydrogen (secondary N) is 1. The van der Waals surface area contributed by atoms with Gasteiger partial charge >= 0.3 is 0 Å². The van der Waals surface area contributed by atoms with Gasteiger partial charge in [-0.05, 0) is 32.9 Å². The summed E-state index contributed by atoms with van der Waals surface area (Å²) in [6.45, 7) is 7.86. The zero-order valence-corrected chi connectivity index (χ0v) is 12.4. The normalized spacial score (nSPS) is 19.4. The number of aromatic nitrogens is 1. The van der Waals surface area contributed by atoms with Crippen LogP contribution in [0.4, 0.5) is 0 Å². The molecule has 110 valence electrons. The van der Waals surface area contributed by atoms with E-state index in [2.05, 4.69) is 5.32 Å². The Hall–Kier alpha value is -1.78. The summed E-state index contributed by atoms with van der Waals surface area (Å²) in [6, 6.07) is 3.91. The highest BCUT2D eigenvalue weighted by atomic mass is 16.2. The van der Waals surface area contributed by atoms with Crippen LogP contribution in [0.15, 0.2) is 24.5 Å². The Labute approximate surface area is 119 Å². The van der Waals surface area contributed by atoms with Gasteiger partial charge in [-0.1, -0.05) is 0 Å². The van der Waals surface area contributed by atoms with Crippen molar-refractivity contribution in [2.24, 2.45) is 5.92 Å². The molecule has 2 rings (SSSR count). The van der Waals surface area contributed by atoms with Gasteiger partial charge in [-0.25, -0.2) is 0 Å². The van der Waals surface area contributed by atoms with Crippen LogP contribution in [-0.2, 0) is 16.1 Å². The molecule has 0 spiro atoms. The van der Waals surface area contributed by atoms with Crippen molar-refractivity contribution in [2.45, 2.75) is 39.3 Å². The maximum absolute atomic E-state index is 12.1. The minimum absolute atomic E-state index is 0.0164. The third-order valence-corrected chi connectivity index (χ3v) is 3.64. The molecule has 0 radical (unpaired) electrons. The maximum Gasteiger partial charge on any atom is 0.225 e. The number of carbonyl (C=O) groups excluding carboxylic acids is 2. The van der Waals surface area contributed by atoms with E-state index in [0.29, 0.717) is 19.5 Å². The van der Waals surface area contributed by atoms with Crippen LogP contribution in [0.2, 0.25) is 0 Å². The highest BCUT2D eigenvalue weighted by molar-refractivity contribution is 5.89. The van der Waals surface area contributed by atoms with E-state index in [0.717, 1.165) is 6.54 Å². The SMILES string of the molecule is CC(C)(C)N1C[C@@H](C(=O)NCCn2cccc2)CC1=O. The fourth-order valence-corrected chi connectivity index (χ4v) is 2.50. The van der Waals surface area contributed by atoms with Gasteiger partial charge in [0.15, 0.2) is 0 Å². The van der Waals surface area contributed by atoms with Gasteiger partial charge in [0.25, 0.3) is 0 Å². The molecule has 0 aliphatic carbocycles. The summed E-state index contributed by atoms with van der Waals surface area (Å²) in [7, 11) is 0. The first-order valence-corrected chi connectivity index (χ1v) is 7.07. The first-order chi connectivity index (χ1) is 9.38. The fraction of sp³-hybridized carbons (Fsp3) is 0.600. The van der Waals surface area contributed by atoms with E-state index < -0.39 is 0 Å². The van der Waals surface area contributed by atoms with Crippen LogP contribution in [0.5, 0.6) is 0 Å². The lowest BCUT2D eigenvalue weighted by Gasteiger charge is -2.31. The zero-order valence-electron chi connectivity index (χ0n) is 12.4. The number of likely N-dealkylation sites (tertiary alicyclic amines) is 1. The number of amides is 2. The van der Waals surface area contributed by atoms with Crippen molar-refractivity contribution in [3.05, 3.63) is 24.5 Å². The van der Waals surface area contributed by atoms with Crippen molar-refractivity contribution >= 4 is 11.8 Å². The van der Waals surface area contributed by atoms with Gasteiger partial charge in [0.1, 0.15) is 0 Å². The van der Waals surface area contributed by atoms with Crippen LogP contribution in [-0.4, -0.2) is 39.9 Å². The number of hydrogen-bond donors (Lipinski definition) is 1. The van der Waals surface area contributed by atoms with Crippen LogP contribution in [0, 0.1) is 5.92 Å². The molecule has 5 heteroatoms. The maximum atomic E-state index is 12.1. The Morgan fingerprint density at radius 2 is 2.00 bits per heavy atom. The van der Waals surface area contributed by atoms with Crippen LogP contribution >= 0.6 is 0 Å². The molecule has 1 N–H and O–H groups in total. The summed E-state index contributed by atoms with van der Waals surface area (Å²) in [5.41, 5.74) is -0.211.